The van der Waals surface area contributed by atoms with Crippen LogP contribution in [0.1, 0.15) is 31.6 Å². The number of hydrogen-bond acceptors (Lipinski definition) is 3. The number of benzene rings is 1. The van der Waals surface area contributed by atoms with E-state index in [1.165, 1.54) is 5.56 Å². The minimum atomic E-state index is -0.464. The lowest BCUT2D eigenvalue weighted by molar-refractivity contribution is -0.155. The number of rotatable bonds is 2. The Morgan fingerprint density at radius 3 is 3.05 bits per heavy atom. The van der Waals surface area contributed by atoms with Crippen LogP contribution in [0.25, 0.3) is 11.0 Å². The summed E-state index contributed by atoms with van der Waals surface area (Å²) in [6.45, 7) is 4.24. The van der Waals surface area contributed by atoms with Crippen LogP contribution in [0.2, 0.25) is 0 Å². The molecule has 0 aliphatic heterocycles. The standard InChI is InChI=1S/C16H17BrO3/c1-3-19-15(18)16(2)7-6-11-12-8-10(17)4-5-13(12)20-14(11)9-16/h4-5,8H,3,6-7,9H2,1-2H3. The number of furan rings is 1. The molecule has 0 saturated carbocycles. The first kappa shape index (κ1) is 13.7. The number of esters is 1. The molecule has 1 aliphatic rings. The second-order valence-corrected chi connectivity index (χ2v) is 6.52. The van der Waals surface area contributed by atoms with E-state index in [-0.39, 0.29) is 5.97 Å². The number of fused-ring (bicyclic) bond motifs is 3. The van der Waals surface area contributed by atoms with Gasteiger partial charge in [-0.25, -0.2) is 0 Å². The van der Waals surface area contributed by atoms with Crippen molar-refractivity contribution < 1.29 is 13.9 Å². The molecule has 0 saturated heterocycles. The van der Waals surface area contributed by atoms with Crippen LogP contribution in [0, 0.1) is 5.41 Å². The molecular formula is C16H17BrO3. The lowest BCUT2D eigenvalue weighted by atomic mass is 9.75. The van der Waals surface area contributed by atoms with Crippen molar-refractivity contribution in [2.24, 2.45) is 5.41 Å². The van der Waals surface area contributed by atoms with Gasteiger partial charge in [0.15, 0.2) is 0 Å². The van der Waals surface area contributed by atoms with Crippen molar-refractivity contribution in [3.8, 4) is 0 Å². The maximum Gasteiger partial charge on any atom is 0.312 e. The number of carbonyl (C=O) groups is 1. The smallest absolute Gasteiger partial charge is 0.312 e. The van der Waals surface area contributed by atoms with E-state index in [4.69, 9.17) is 9.15 Å². The number of ether oxygens (including phenoxy) is 1. The molecule has 1 aliphatic carbocycles. The second-order valence-electron chi connectivity index (χ2n) is 5.60. The maximum atomic E-state index is 12.1. The van der Waals surface area contributed by atoms with Gasteiger partial charge in [-0.3, -0.25) is 4.79 Å². The van der Waals surface area contributed by atoms with Crippen molar-refractivity contribution in [1.29, 1.82) is 0 Å². The first-order valence-corrected chi connectivity index (χ1v) is 7.70. The Bertz CT molecular complexity index is 674. The molecule has 0 N–H and O–H groups in total. The Morgan fingerprint density at radius 2 is 2.30 bits per heavy atom. The first-order chi connectivity index (χ1) is 9.53. The molecule has 0 fully saturated rings. The van der Waals surface area contributed by atoms with Crippen LogP contribution < -0.4 is 0 Å². The van der Waals surface area contributed by atoms with Crippen molar-refractivity contribution in [3.63, 3.8) is 0 Å². The Morgan fingerprint density at radius 1 is 1.50 bits per heavy atom. The van der Waals surface area contributed by atoms with Crippen LogP contribution in [0.4, 0.5) is 0 Å². The summed E-state index contributed by atoms with van der Waals surface area (Å²) in [5.74, 6) is 0.812. The first-order valence-electron chi connectivity index (χ1n) is 6.90. The van der Waals surface area contributed by atoms with E-state index in [2.05, 4.69) is 22.0 Å². The topological polar surface area (TPSA) is 39.4 Å². The zero-order valence-electron chi connectivity index (χ0n) is 11.7. The van der Waals surface area contributed by atoms with Crippen LogP contribution in [-0.4, -0.2) is 12.6 Å². The predicted octanol–water partition coefficient (Wildman–Crippen LogP) is 4.25. The number of carbonyl (C=O) groups excluding carboxylic acids is 1. The fraction of sp³-hybridized carbons (Fsp3) is 0.438. The third-order valence-electron chi connectivity index (χ3n) is 4.08. The second kappa shape index (κ2) is 4.92. The van der Waals surface area contributed by atoms with E-state index in [0.29, 0.717) is 13.0 Å². The molecule has 1 heterocycles. The van der Waals surface area contributed by atoms with E-state index in [9.17, 15) is 4.79 Å². The van der Waals surface area contributed by atoms with Gasteiger partial charge in [-0.2, -0.15) is 0 Å². The van der Waals surface area contributed by atoms with E-state index < -0.39 is 5.41 Å². The van der Waals surface area contributed by atoms with Crippen LogP contribution in [0.15, 0.2) is 27.1 Å². The minimum absolute atomic E-state index is 0.118. The number of hydrogen-bond donors (Lipinski definition) is 0. The van der Waals surface area contributed by atoms with Crippen molar-refractivity contribution in [1.82, 2.24) is 0 Å². The average molecular weight is 337 g/mol. The highest BCUT2D eigenvalue weighted by atomic mass is 79.9. The molecule has 1 aromatic heterocycles. The molecule has 3 rings (SSSR count). The van der Waals surface area contributed by atoms with E-state index >= 15 is 0 Å². The monoisotopic (exact) mass is 336 g/mol. The predicted molar refractivity (Wildman–Crippen MR) is 80.7 cm³/mol. The van der Waals surface area contributed by atoms with E-state index in [0.717, 1.165) is 34.0 Å². The maximum absolute atomic E-state index is 12.1. The number of aryl methyl sites for hydroxylation is 1. The van der Waals surface area contributed by atoms with Crippen LogP contribution >= 0.6 is 15.9 Å². The Kier molecular flexibility index (Phi) is 3.36. The molecule has 20 heavy (non-hydrogen) atoms. The van der Waals surface area contributed by atoms with Gasteiger partial charge in [-0.15, -0.1) is 0 Å². The summed E-state index contributed by atoms with van der Waals surface area (Å²) < 4.78 is 12.2. The summed E-state index contributed by atoms with van der Waals surface area (Å²) in [5, 5.41) is 1.15. The van der Waals surface area contributed by atoms with Gasteiger partial charge in [0.1, 0.15) is 11.3 Å². The highest BCUT2D eigenvalue weighted by Crippen LogP contribution is 2.41. The minimum Gasteiger partial charge on any atom is -0.466 e. The summed E-state index contributed by atoms with van der Waals surface area (Å²) >= 11 is 3.50. The quantitative estimate of drug-likeness (QED) is 0.769. The molecule has 106 valence electrons. The molecular weight excluding hydrogens is 320 g/mol. The highest BCUT2D eigenvalue weighted by Gasteiger charge is 2.40. The third kappa shape index (κ3) is 2.16. The highest BCUT2D eigenvalue weighted by molar-refractivity contribution is 9.10. The van der Waals surface area contributed by atoms with Gasteiger partial charge in [0.2, 0.25) is 0 Å². The van der Waals surface area contributed by atoms with Gasteiger partial charge in [0, 0.05) is 21.8 Å². The summed E-state index contributed by atoms with van der Waals surface area (Å²) in [5.41, 5.74) is 1.67. The summed E-state index contributed by atoms with van der Waals surface area (Å²) in [7, 11) is 0. The molecule has 0 spiro atoms. The third-order valence-corrected chi connectivity index (χ3v) is 4.58. The molecule has 0 bridgehead atoms. The molecule has 1 unspecified atom stereocenters. The molecule has 0 radical (unpaired) electrons. The van der Waals surface area contributed by atoms with E-state index in [1.54, 1.807) is 0 Å². The molecule has 3 nitrogen and oxygen atoms in total. The normalized spacial score (nSPS) is 21.8. The van der Waals surface area contributed by atoms with Gasteiger partial charge in [-0.05, 0) is 44.9 Å². The Hall–Kier alpha value is -1.29. The van der Waals surface area contributed by atoms with Crippen molar-refractivity contribution >= 4 is 32.9 Å². The summed E-state index contributed by atoms with van der Waals surface area (Å²) in [6, 6.07) is 6.03. The van der Waals surface area contributed by atoms with Crippen molar-refractivity contribution in [2.45, 2.75) is 33.1 Å². The lowest BCUT2D eigenvalue weighted by Crippen LogP contribution is -2.35. The van der Waals surface area contributed by atoms with Crippen molar-refractivity contribution in [2.75, 3.05) is 6.61 Å². The van der Waals surface area contributed by atoms with Gasteiger partial charge in [0.25, 0.3) is 0 Å². The van der Waals surface area contributed by atoms with Gasteiger partial charge < -0.3 is 9.15 Å². The molecule has 1 atom stereocenters. The fourth-order valence-corrected chi connectivity index (χ4v) is 3.27. The SMILES string of the molecule is CCOC(=O)C1(C)CCc2c(oc3ccc(Br)cc23)C1. The molecule has 4 heteroatoms. The number of halogens is 1. The molecule has 1 aromatic carbocycles. The van der Waals surface area contributed by atoms with Crippen LogP contribution in [0.5, 0.6) is 0 Å². The summed E-state index contributed by atoms with van der Waals surface area (Å²) in [6.07, 6.45) is 2.28. The fourth-order valence-electron chi connectivity index (χ4n) is 2.91. The lowest BCUT2D eigenvalue weighted by Gasteiger charge is -2.30. The van der Waals surface area contributed by atoms with Gasteiger partial charge in [-0.1, -0.05) is 15.9 Å². The van der Waals surface area contributed by atoms with Crippen LogP contribution in [0.3, 0.4) is 0 Å². The van der Waals surface area contributed by atoms with E-state index in [1.807, 2.05) is 26.0 Å². The Labute approximate surface area is 126 Å². The van der Waals surface area contributed by atoms with Gasteiger partial charge in [0.05, 0.1) is 12.0 Å². The summed E-state index contributed by atoms with van der Waals surface area (Å²) in [4.78, 5) is 12.1. The largest absolute Gasteiger partial charge is 0.466 e. The van der Waals surface area contributed by atoms with Crippen molar-refractivity contribution in [3.05, 3.63) is 34.0 Å². The zero-order chi connectivity index (χ0) is 14.3. The molecule has 2 aromatic rings. The zero-order valence-corrected chi connectivity index (χ0v) is 13.2. The van der Waals surface area contributed by atoms with Gasteiger partial charge >= 0.3 is 5.97 Å². The van der Waals surface area contributed by atoms with Crippen LogP contribution in [-0.2, 0) is 22.4 Å². The Balaban J connectivity index is 2.00. The average Bonchev–Trinajstić information content (AvgIpc) is 2.75. The molecule has 0 amide bonds.